The topological polar surface area (TPSA) is 40.6 Å². The average molecular weight is 537 g/mol. The normalized spacial score (nSPS) is 10.9. The first kappa shape index (κ1) is 38.8. The van der Waals surface area contributed by atoms with E-state index in [1.54, 1.807) is 9.80 Å². The Balaban J connectivity index is 0. The van der Waals surface area contributed by atoms with Gasteiger partial charge in [0.25, 0.3) is 0 Å². The summed E-state index contributed by atoms with van der Waals surface area (Å²) in [5, 5.41) is 0. The molecule has 4 heteroatoms. The van der Waals surface area contributed by atoms with E-state index < -0.39 is 0 Å². The molecule has 0 aliphatic carbocycles. The molecule has 0 unspecified atom stereocenters. The van der Waals surface area contributed by atoms with Gasteiger partial charge in [0.2, 0.25) is 11.8 Å². The van der Waals surface area contributed by atoms with Crippen molar-refractivity contribution < 1.29 is 9.59 Å². The smallest absolute Gasteiger partial charge is 0.222 e. The molecule has 0 radical (unpaired) electrons. The van der Waals surface area contributed by atoms with Crippen LogP contribution in [0.5, 0.6) is 0 Å². The van der Waals surface area contributed by atoms with Gasteiger partial charge in [0.05, 0.1) is 0 Å². The minimum absolute atomic E-state index is 0.262. The summed E-state index contributed by atoms with van der Waals surface area (Å²) >= 11 is 0. The van der Waals surface area contributed by atoms with Crippen LogP contribution >= 0.6 is 0 Å². The van der Waals surface area contributed by atoms with Crippen LogP contribution in [-0.4, -0.2) is 49.8 Å². The van der Waals surface area contributed by atoms with E-state index in [0.717, 1.165) is 19.3 Å². The lowest BCUT2D eigenvalue weighted by Gasteiger charge is -2.09. The summed E-state index contributed by atoms with van der Waals surface area (Å²) in [6.07, 6.45) is 34.9. The first-order valence-corrected chi connectivity index (χ1v) is 16.4. The van der Waals surface area contributed by atoms with Crippen molar-refractivity contribution in [2.75, 3.05) is 28.2 Å². The van der Waals surface area contributed by atoms with Crippen LogP contribution in [0.1, 0.15) is 168 Å². The Bertz CT molecular complexity index is 529. The Morgan fingerprint density at radius 2 is 0.684 bits per heavy atom. The van der Waals surface area contributed by atoms with Crippen molar-refractivity contribution in [3.63, 3.8) is 0 Å². The number of unbranched alkanes of at least 4 members (excludes halogenated alkanes) is 19. The van der Waals surface area contributed by atoms with Crippen LogP contribution in [0.2, 0.25) is 0 Å². The van der Waals surface area contributed by atoms with E-state index in [-0.39, 0.29) is 11.8 Å². The second kappa shape index (κ2) is 31.9. The maximum Gasteiger partial charge on any atom is 0.222 e. The summed E-state index contributed by atoms with van der Waals surface area (Å²) in [5.41, 5.74) is 0. The molecule has 0 spiro atoms. The van der Waals surface area contributed by atoms with Gasteiger partial charge in [-0.2, -0.15) is 0 Å². The van der Waals surface area contributed by atoms with Gasteiger partial charge in [-0.05, 0) is 38.5 Å². The Morgan fingerprint density at radius 3 is 0.974 bits per heavy atom. The molecule has 0 saturated carbocycles. The lowest BCUT2D eigenvalue weighted by atomic mass is 10.1. The summed E-state index contributed by atoms with van der Waals surface area (Å²) in [6, 6.07) is 0. The SMILES string of the molecule is CCCCCCCCC=CCCCCCCCC(=O)N(C)C.CCCCCCCCCCCC(=O)N(C)C. The average Bonchev–Trinajstić information content (AvgIpc) is 2.89. The Kier molecular flexibility index (Phi) is 32.6. The molecule has 0 bridgehead atoms. The third-order valence-electron chi connectivity index (χ3n) is 7.14. The predicted molar refractivity (Wildman–Crippen MR) is 169 cm³/mol. The molecule has 0 aliphatic rings. The number of carbonyl (C=O) groups is 2. The number of amides is 2. The molecule has 0 aromatic carbocycles. The van der Waals surface area contributed by atoms with E-state index >= 15 is 0 Å². The summed E-state index contributed by atoms with van der Waals surface area (Å²) < 4.78 is 0. The Hall–Kier alpha value is -1.32. The second-order valence-electron chi connectivity index (χ2n) is 11.5. The van der Waals surface area contributed by atoms with Gasteiger partial charge in [0, 0.05) is 41.0 Å². The summed E-state index contributed by atoms with van der Waals surface area (Å²) in [5.74, 6) is 0.528. The van der Waals surface area contributed by atoms with Crippen LogP contribution in [0.15, 0.2) is 12.2 Å². The molecule has 38 heavy (non-hydrogen) atoms. The number of allylic oxidation sites excluding steroid dienone is 2. The van der Waals surface area contributed by atoms with E-state index in [4.69, 9.17) is 0 Å². The summed E-state index contributed by atoms with van der Waals surface area (Å²) in [6.45, 7) is 4.52. The van der Waals surface area contributed by atoms with E-state index in [1.165, 1.54) is 128 Å². The fraction of sp³-hybridized carbons (Fsp3) is 0.882. The monoisotopic (exact) mass is 537 g/mol. The van der Waals surface area contributed by atoms with Gasteiger partial charge in [-0.3, -0.25) is 9.59 Å². The summed E-state index contributed by atoms with van der Waals surface area (Å²) in [7, 11) is 7.33. The molecule has 2 amide bonds. The zero-order valence-electron chi connectivity index (χ0n) is 26.8. The molecule has 0 N–H and O–H groups in total. The second-order valence-corrected chi connectivity index (χ2v) is 11.5. The molecule has 0 aromatic rings. The maximum atomic E-state index is 11.4. The molecular weight excluding hydrogens is 468 g/mol. The van der Waals surface area contributed by atoms with Gasteiger partial charge >= 0.3 is 0 Å². The summed E-state index contributed by atoms with van der Waals surface area (Å²) in [4.78, 5) is 26.0. The standard InChI is InChI=1S/C20H39NO.C14H29NO/c1-4-5-6-7-8-9-10-11-12-13-14-15-16-17-18-19-20(22)21(2)3;1-4-5-6-7-8-9-10-11-12-13-14(16)15(2)3/h11-12H,4-10,13-19H2,1-3H3;4-13H2,1-3H3. The van der Waals surface area contributed by atoms with Crippen molar-refractivity contribution in [2.24, 2.45) is 0 Å². The molecule has 0 heterocycles. The molecule has 0 aromatic heterocycles. The van der Waals surface area contributed by atoms with E-state index in [2.05, 4.69) is 26.0 Å². The van der Waals surface area contributed by atoms with Gasteiger partial charge in [0.1, 0.15) is 0 Å². The first-order valence-electron chi connectivity index (χ1n) is 16.4. The van der Waals surface area contributed by atoms with Crippen molar-refractivity contribution in [3.8, 4) is 0 Å². The fourth-order valence-corrected chi connectivity index (χ4v) is 4.38. The zero-order valence-corrected chi connectivity index (χ0v) is 26.8. The molecular formula is C34H68N2O2. The van der Waals surface area contributed by atoms with Gasteiger partial charge in [-0.25, -0.2) is 0 Å². The first-order chi connectivity index (χ1) is 18.4. The van der Waals surface area contributed by atoms with Crippen molar-refractivity contribution >= 4 is 11.8 Å². The molecule has 0 aliphatic heterocycles. The van der Waals surface area contributed by atoms with Crippen LogP contribution in [0.25, 0.3) is 0 Å². The number of rotatable bonds is 25. The van der Waals surface area contributed by atoms with Crippen molar-refractivity contribution in [2.45, 2.75) is 168 Å². The fourth-order valence-electron chi connectivity index (χ4n) is 4.38. The van der Waals surface area contributed by atoms with Crippen molar-refractivity contribution in [3.05, 3.63) is 12.2 Å². The highest BCUT2D eigenvalue weighted by atomic mass is 16.2. The van der Waals surface area contributed by atoms with E-state index in [9.17, 15) is 9.59 Å². The minimum atomic E-state index is 0.262. The minimum Gasteiger partial charge on any atom is -0.349 e. The van der Waals surface area contributed by atoms with Gasteiger partial charge in [-0.1, -0.05) is 129 Å². The molecule has 0 rings (SSSR count). The highest BCUT2D eigenvalue weighted by Gasteiger charge is 2.03. The molecule has 226 valence electrons. The van der Waals surface area contributed by atoms with E-state index in [1.807, 2.05) is 28.2 Å². The van der Waals surface area contributed by atoms with E-state index in [0.29, 0.717) is 6.42 Å². The third kappa shape index (κ3) is 32.7. The highest BCUT2D eigenvalue weighted by Crippen LogP contribution is 2.11. The molecule has 0 fully saturated rings. The van der Waals surface area contributed by atoms with Crippen LogP contribution in [0, 0.1) is 0 Å². The number of hydrogen-bond acceptors (Lipinski definition) is 2. The zero-order chi connectivity index (χ0) is 28.7. The van der Waals surface area contributed by atoms with Crippen LogP contribution in [0.4, 0.5) is 0 Å². The van der Waals surface area contributed by atoms with Crippen molar-refractivity contribution in [1.82, 2.24) is 9.80 Å². The predicted octanol–water partition coefficient (Wildman–Crippen LogP) is 10.1. The van der Waals surface area contributed by atoms with Gasteiger partial charge in [0.15, 0.2) is 0 Å². The number of hydrogen-bond donors (Lipinski definition) is 0. The number of nitrogens with zero attached hydrogens (tertiary/aromatic N) is 2. The highest BCUT2D eigenvalue weighted by molar-refractivity contribution is 5.75. The number of carbonyl (C=O) groups excluding carboxylic acids is 2. The largest absolute Gasteiger partial charge is 0.349 e. The molecule has 0 saturated heterocycles. The van der Waals surface area contributed by atoms with Crippen LogP contribution in [0.3, 0.4) is 0 Å². The van der Waals surface area contributed by atoms with Crippen LogP contribution < -0.4 is 0 Å². The van der Waals surface area contributed by atoms with Gasteiger partial charge in [-0.15, -0.1) is 0 Å². The van der Waals surface area contributed by atoms with Gasteiger partial charge < -0.3 is 9.80 Å². The molecule has 0 atom stereocenters. The lowest BCUT2D eigenvalue weighted by Crippen LogP contribution is -2.20. The van der Waals surface area contributed by atoms with Crippen molar-refractivity contribution in [1.29, 1.82) is 0 Å². The van der Waals surface area contributed by atoms with Crippen LogP contribution in [-0.2, 0) is 9.59 Å². The maximum absolute atomic E-state index is 11.4. The quantitative estimate of drug-likeness (QED) is 0.0860. The lowest BCUT2D eigenvalue weighted by molar-refractivity contribution is -0.129. The Morgan fingerprint density at radius 1 is 0.421 bits per heavy atom. The Labute approximate surface area is 239 Å². The third-order valence-corrected chi connectivity index (χ3v) is 7.14. The molecule has 4 nitrogen and oxygen atoms in total.